The molecule has 4 heterocycles. The molecule has 0 radical (unpaired) electrons. The number of aromatic nitrogens is 4. The SMILES string of the molecule is Cc1cc(C)c(-c2ccn(-c3cccc(Oc4ccc5c6cc7c(cc6n(-c6cc(C(C)(C)C)ccn6)c5c4)sc4ccccc47)c3)n2)c(C)c1. The summed E-state index contributed by atoms with van der Waals surface area (Å²) in [6, 6.07) is 38.8. The number of aryl methyl sites for hydroxylation is 3. The molecule has 51 heavy (non-hydrogen) atoms. The molecule has 0 N–H and O–H groups in total. The van der Waals surface area contributed by atoms with Crippen LogP contribution in [-0.2, 0) is 5.41 Å². The van der Waals surface area contributed by atoms with E-state index in [1.165, 1.54) is 53.4 Å². The van der Waals surface area contributed by atoms with E-state index in [1.807, 2.05) is 46.6 Å². The highest BCUT2D eigenvalue weighted by Gasteiger charge is 2.20. The molecule has 0 spiro atoms. The molecule has 0 saturated carbocycles. The maximum atomic E-state index is 6.60. The van der Waals surface area contributed by atoms with Crippen LogP contribution in [0, 0.1) is 20.8 Å². The Kier molecular flexibility index (Phi) is 7.16. The van der Waals surface area contributed by atoms with Gasteiger partial charge in [-0.3, -0.25) is 4.57 Å². The minimum absolute atomic E-state index is 0.0123. The summed E-state index contributed by atoms with van der Waals surface area (Å²) in [5.74, 6) is 2.40. The second-order valence-electron chi connectivity index (χ2n) is 14.6. The first-order chi connectivity index (χ1) is 24.6. The van der Waals surface area contributed by atoms with Crippen LogP contribution in [0.5, 0.6) is 11.5 Å². The van der Waals surface area contributed by atoms with E-state index in [-0.39, 0.29) is 5.41 Å². The molecule has 9 aromatic rings. The number of fused-ring (bicyclic) bond motifs is 6. The van der Waals surface area contributed by atoms with E-state index in [0.29, 0.717) is 0 Å². The number of nitrogens with zero attached hydrogens (tertiary/aromatic N) is 4. The molecule has 0 fully saturated rings. The summed E-state index contributed by atoms with van der Waals surface area (Å²) in [7, 11) is 0. The Bertz CT molecular complexity index is 2790. The number of ether oxygens (including phenoxy) is 1. The number of thiophene rings is 1. The molecule has 0 aliphatic heterocycles. The molecule has 0 aliphatic rings. The average Bonchev–Trinajstić information content (AvgIpc) is 3.81. The summed E-state index contributed by atoms with van der Waals surface area (Å²) < 4.78 is 13.4. The average molecular weight is 683 g/mol. The van der Waals surface area contributed by atoms with Gasteiger partial charge in [-0.1, -0.05) is 62.7 Å². The Labute approximate surface area is 301 Å². The first-order valence-electron chi connectivity index (χ1n) is 17.4. The van der Waals surface area contributed by atoms with Gasteiger partial charge in [-0.15, -0.1) is 11.3 Å². The highest BCUT2D eigenvalue weighted by molar-refractivity contribution is 7.25. The summed E-state index contributed by atoms with van der Waals surface area (Å²) in [5.41, 5.74) is 10.2. The standard InChI is InChI=1S/C45H38N4OS/c1-27-20-28(2)44(29(3)21-27)38-17-19-48(47-38)31-10-9-11-32(23-31)50-33-14-15-34-36-25-37-35-12-7-8-13-41(35)51-42(37)26-40(36)49(39(34)24-33)43-22-30(16-18-46-43)45(4,5)6/h7-26H,1-6H3. The largest absolute Gasteiger partial charge is 0.457 e. The highest BCUT2D eigenvalue weighted by Crippen LogP contribution is 2.42. The molecule has 6 heteroatoms. The lowest BCUT2D eigenvalue weighted by Gasteiger charge is -2.20. The summed E-state index contributed by atoms with van der Waals surface area (Å²) in [6.07, 6.45) is 3.95. The Morgan fingerprint density at radius 2 is 1.43 bits per heavy atom. The predicted octanol–water partition coefficient (Wildman–Crippen LogP) is 12.4. The summed E-state index contributed by atoms with van der Waals surface area (Å²) >= 11 is 1.84. The minimum atomic E-state index is -0.0123. The van der Waals surface area contributed by atoms with Crippen molar-refractivity contribution in [3.63, 3.8) is 0 Å². The number of benzene rings is 5. The van der Waals surface area contributed by atoms with E-state index < -0.39 is 0 Å². The lowest BCUT2D eigenvalue weighted by molar-refractivity contribution is 0.483. The van der Waals surface area contributed by atoms with Gasteiger partial charge in [-0.25, -0.2) is 9.67 Å². The van der Waals surface area contributed by atoms with Gasteiger partial charge in [0.2, 0.25) is 0 Å². The molecular weight excluding hydrogens is 645 g/mol. The van der Waals surface area contributed by atoms with Crippen molar-refractivity contribution in [3.8, 4) is 34.3 Å². The molecule has 5 aromatic carbocycles. The predicted molar refractivity (Wildman–Crippen MR) is 213 cm³/mol. The third-order valence-electron chi connectivity index (χ3n) is 9.92. The monoisotopic (exact) mass is 682 g/mol. The quantitative estimate of drug-likeness (QED) is 0.181. The fraction of sp³-hybridized carbons (Fsp3) is 0.156. The Morgan fingerprint density at radius 3 is 2.25 bits per heavy atom. The minimum Gasteiger partial charge on any atom is -0.457 e. The molecule has 0 atom stereocenters. The van der Waals surface area contributed by atoms with Gasteiger partial charge in [0.15, 0.2) is 0 Å². The smallest absolute Gasteiger partial charge is 0.137 e. The number of rotatable bonds is 5. The summed E-state index contributed by atoms with van der Waals surface area (Å²) in [5, 5.41) is 9.91. The Balaban J connectivity index is 1.15. The normalized spacial score (nSPS) is 12.1. The Morgan fingerprint density at radius 1 is 0.647 bits per heavy atom. The first-order valence-corrected chi connectivity index (χ1v) is 18.2. The van der Waals surface area contributed by atoms with Crippen LogP contribution in [0.15, 0.2) is 122 Å². The van der Waals surface area contributed by atoms with Gasteiger partial charge in [0.05, 0.1) is 22.4 Å². The molecule has 250 valence electrons. The van der Waals surface area contributed by atoms with Crippen molar-refractivity contribution < 1.29 is 4.74 Å². The Hall–Kier alpha value is -5.72. The van der Waals surface area contributed by atoms with Crippen molar-refractivity contribution in [2.24, 2.45) is 0 Å². The van der Waals surface area contributed by atoms with Crippen molar-refractivity contribution in [1.29, 1.82) is 0 Å². The third-order valence-corrected chi connectivity index (χ3v) is 11.1. The van der Waals surface area contributed by atoms with E-state index in [4.69, 9.17) is 14.8 Å². The molecule has 0 aliphatic carbocycles. The lowest BCUT2D eigenvalue weighted by atomic mass is 9.88. The van der Waals surface area contributed by atoms with Gasteiger partial charge in [0.1, 0.15) is 17.3 Å². The van der Waals surface area contributed by atoms with Crippen LogP contribution in [-0.4, -0.2) is 19.3 Å². The van der Waals surface area contributed by atoms with Crippen LogP contribution >= 0.6 is 11.3 Å². The maximum absolute atomic E-state index is 6.60. The van der Waals surface area contributed by atoms with Crippen LogP contribution in [0.2, 0.25) is 0 Å². The van der Waals surface area contributed by atoms with Crippen LogP contribution in [0.1, 0.15) is 43.0 Å². The number of hydrogen-bond donors (Lipinski definition) is 0. The first kappa shape index (κ1) is 31.3. The van der Waals surface area contributed by atoms with Crippen molar-refractivity contribution in [2.45, 2.75) is 47.0 Å². The van der Waals surface area contributed by atoms with E-state index in [1.54, 1.807) is 0 Å². The molecule has 0 saturated heterocycles. The second kappa shape index (κ2) is 11.7. The molecule has 4 aromatic heterocycles. The summed E-state index contributed by atoms with van der Waals surface area (Å²) in [6.45, 7) is 13.2. The van der Waals surface area contributed by atoms with Gasteiger partial charge >= 0.3 is 0 Å². The molecule has 9 rings (SSSR count). The third kappa shape index (κ3) is 5.38. The van der Waals surface area contributed by atoms with Gasteiger partial charge in [0.25, 0.3) is 0 Å². The zero-order chi connectivity index (χ0) is 35.0. The maximum Gasteiger partial charge on any atom is 0.137 e. The van der Waals surface area contributed by atoms with E-state index in [9.17, 15) is 0 Å². The van der Waals surface area contributed by atoms with Crippen LogP contribution < -0.4 is 4.74 Å². The lowest BCUT2D eigenvalue weighted by Crippen LogP contribution is -2.12. The fourth-order valence-corrected chi connectivity index (χ4v) is 8.66. The zero-order valence-electron chi connectivity index (χ0n) is 29.7. The van der Waals surface area contributed by atoms with Crippen molar-refractivity contribution in [3.05, 3.63) is 144 Å². The number of hydrogen-bond acceptors (Lipinski definition) is 4. The topological polar surface area (TPSA) is 44.9 Å². The molecule has 5 nitrogen and oxygen atoms in total. The van der Waals surface area contributed by atoms with Gasteiger partial charge < -0.3 is 4.74 Å². The molecule has 0 bridgehead atoms. The van der Waals surface area contributed by atoms with E-state index in [0.717, 1.165) is 45.1 Å². The molecular formula is C45H38N4OS. The van der Waals surface area contributed by atoms with Crippen molar-refractivity contribution in [2.75, 3.05) is 0 Å². The number of pyridine rings is 1. The molecule has 0 amide bonds. The van der Waals surface area contributed by atoms with Crippen molar-refractivity contribution >= 4 is 53.3 Å². The van der Waals surface area contributed by atoms with E-state index >= 15 is 0 Å². The zero-order valence-corrected chi connectivity index (χ0v) is 30.5. The second-order valence-corrected chi connectivity index (χ2v) is 15.7. The van der Waals surface area contributed by atoms with E-state index in [2.05, 4.69) is 137 Å². The van der Waals surface area contributed by atoms with Crippen molar-refractivity contribution in [1.82, 2.24) is 19.3 Å². The van der Waals surface area contributed by atoms with Gasteiger partial charge in [-0.2, -0.15) is 5.10 Å². The van der Waals surface area contributed by atoms with Crippen LogP contribution in [0.25, 0.3) is 64.7 Å². The summed E-state index contributed by atoms with van der Waals surface area (Å²) in [4.78, 5) is 4.93. The van der Waals surface area contributed by atoms with Crippen LogP contribution in [0.4, 0.5) is 0 Å². The fourth-order valence-electron chi connectivity index (χ4n) is 7.54. The molecule has 0 unspecified atom stereocenters. The van der Waals surface area contributed by atoms with Crippen LogP contribution in [0.3, 0.4) is 0 Å². The highest BCUT2D eigenvalue weighted by atomic mass is 32.1. The van der Waals surface area contributed by atoms with Gasteiger partial charge in [-0.05, 0) is 104 Å². The van der Waals surface area contributed by atoms with Gasteiger partial charge in [0, 0.05) is 61.0 Å².